The number of aryl methyl sites for hydroxylation is 2. The van der Waals surface area contributed by atoms with E-state index in [0.29, 0.717) is 6.04 Å². The maximum atomic E-state index is 9.38. The highest BCUT2D eigenvalue weighted by atomic mass is 15.2. The van der Waals surface area contributed by atoms with E-state index in [1.165, 1.54) is 12.8 Å². The Kier molecular flexibility index (Phi) is 3.16. The standard InChI is InChI=1S/C15H20N4/c1-10-6-15(13(7-16)11(2)18-10)19-8-12-4-3-5-17-14(12)9-19/h6,12,14,17H,3-5,8-9H2,1-2H3. The van der Waals surface area contributed by atoms with Gasteiger partial charge in [0.1, 0.15) is 6.07 Å². The summed E-state index contributed by atoms with van der Waals surface area (Å²) >= 11 is 0. The van der Waals surface area contributed by atoms with E-state index in [2.05, 4.69) is 27.3 Å². The smallest absolute Gasteiger partial charge is 0.103 e. The first-order valence-electron chi connectivity index (χ1n) is 7.05. The molecule has 1 N–H and O–H groups in total. The zero-order valence-electron chi connectivity index (χ0n) is 11.6. The van der Waals surface area contributed by atoms with Crippen LogP contribution in [0.25, 0.3) is 0 Å². The molecule has 0 bridgehead atoms. The fraction of sp³-hybridized carbons (Fsp3) is 0.600. The number of hydrogen-bond acceptors (Lipinski definition) is 4. The molecule has 0 radical (unpaired) electrons. The molecule has 0 aliphatic carbocycles. The predicted molar refractivity (Wildman–Crippen MR) is 75.2 cm³/mol. The molecule has 2 atom stereocenters. The third-order valence-corrected chi connectivity index (χ3v) is 4.36. The lowest BCUT2D eigenvalue weighted by molar-refractivity contribution is 0.340. The molecule has 4 heteroatoms. The number of pyridine rings is 1. The highest BCUT2D eigenvalue weighted by Gasteiger charge is 2.35. The van der Waals surface area contributed by atoms with Crippen molar-refractivity contribution in [2.45, 2.75) is 32.7 Å². The lowest BCUT2D eigenvalue weighted by atomic mass is 9.94. The number of nitriles is 1. The molecule has 2 aliphatic rings. The van der Waals surface area contributed by atoms with Crippen LogP contribution in [0.15, 0.2) is 6.07 Å². The summed E-state index contributed by atoms with van der Waals surface area (Å²) in [5.41, 5.74) is 3.66. The summed E-state index contributed by atoms with van der Waals surface area (Å²) < 4.78 is 0. The Labute approximate surface area is 114 Å². The summed E-state index contributed by atoms with van der Waals surface area (Å²) in [4.78, 5) is 6.77. The lowest BCUT2D eigenvalue weighted by Gasteiger charge is -2.24. The highest BCUT2D eigenvalue weighted by Crippen LogP contribution is 2.32. The number of aromatic nitrogens is 1. The van der Waals surface area contributed by atoms with E-state index in [1.807, 2.05) is 13.8 Å². The number of nitrogens with zero attached hydrogens (tertiary/aromatic N) is 3. The van der Waals surface area contributed by atoms with Crippen LogP contribution in [0.5, 0.6) is 0 Å². The molecule has 2 saturated heterocycles. The molecule has 100 valence electrons. The van der Waals surface area contributed by atoms with E-state index < -0.39 is 0 Å². The van der Waals surface area contributed by atoms with Crippen molar-refractivity contribution in [1.29, 1.82) is 5.26 Å². The third-order valence-electron chi connectivity index (χ3n) is 4.36. The number of rotatable bonds is 1. The van der Waals surface area contributed by atoms with Crippen LogP contribution in [-0.2, 0) is 0 Å². The molecule has 1 aromatic rings. The average molecular weight is 256 g/mol. The van der Waals surface area contributed by atoms with Gasteiger partial charge in [-0.3, -0.25) is 4.98 Å². The Morgan fingerprint density at radius 3 is 3.00 bits per heavy atom. The van der Waals surface area contributed by atoms with Crippen LogP contribution >= 0.6 is 0 Å². The third kappa shape index (κ3) is 2.19. The fourth-order valence-corrected chi connectivity index (χ4v) is 3.44. The Balaban J connectivity index is 1.93. The van der Waals surface area contributed by atoms with Gasteiger partial charge in [-0.1, -0.05) is 0 Å². The van der Waals surface area contributed by atoms with Gasteiger partial charge in [0.2, 0.25) is 0 Å². The minimum Gasteiger partial charge on any atom is -0.368 e. The van der Waals surface area contributed by atoms with Gasteiger partial charge in [-0.15, -0.1) is 0 Å². The predicted octanol–water partition coefficient (Wildman–Crippen LogP) is 1.76. The van der Waals surface area contributed by atoms with Crippen molar-refractivity contribution in [2.75, 3.05) is 24.5 Å². The molecule has 0 aromatic carbocycles. The molecule has 2 unspecified atom stereocenters. The van der Waals surface area contributed by atoms with Crippen molar-refractivity contribution in [3.63, 3.8) is 0 Å². The summed E-state index contributed by atoms with van der Waals surface area (Å²) in [5, 5.41) is 13.0. The first-order valence-corrected chi connectivity index (χ1v) is 7.05. The zero-order valence-corrected chi connectivity index (χ0v) is 11.6. The van der Waals surface area contributed by atoms with Crippen LogP contribution in [0.3, 0.4) is 0 Å². The molecule has 3 heterocycles. The normalized spacial score (nSPS) is 26.1. The number of piperidine rings is 1. The van der Waals surface area contributed by atoms with E-state index in [4.69, 9.17) is 0 Å². The van der Waals surface area contributed by atoms with Gasteiger partial charge in [0.25, 0.3) is 0 Å². The van der Waals surface area contributed by atoms with Gasteiger partial charge in [-0.2, -0.15) is 5.26 Å². The maximum absolute atomic E-state index is 9.38. The minimum atomic E-state index is 0.592. The van der Waals surface area contributed by atoms with E-state index in [0.717, 1.165) is 48.2 Å². The van der Waals surface area contributed by atoms with E-state index in [9.17, 15) is 5.26 Å². The summed E-state index contributed by atoms with van der Waals surface area (Å²) in [6.07, 6.45) is 2.58. The Morgan fingerprint density at radius 1 is 1.42 bits per heavy atom. The lowest BCUT2D eigenvalue weighted by Crippen LogP contribution is -2.40. The molecule has 4 nitrogen and oxygen atoms in total. The first-order chi connectivity index (χ1) is 9.19. The largest absolute Gasteiger partial charge is 0.368 e. The van der Waals surface area contributed by atoms with Crippen LogP contribution in [0, 0.1) is 31.1 Å². The van der Waals surface area contributed by atoms with Gasteiger partial charge >= 0.3 is 0 Å². The molecule has 19 heavy (non-hydrogen) atoms. The van der Waals surface area contributed by atoms with E-state index in [-0.39, 0.29) is 0 Å². The Morgan fingerprint density at radius 2 is 2.26 bits per heavy atom. The molecule has 2 fully saturated rings. The topological polar surface area (TPSA) is 52.0 Å². The van der Waals surface area contributed by atoms with Gasteiger partial charge in [-0.25, -0.2) is 0 Å². The van der Waals surface area contributed by atoms with E-state index >= 15 is 0 Å². The molecule has 0 saturated carbocycles. The van der Waals surface area contributed by atoms with Crippen LogP contribution in [0.1, 0.15) is 29.8 Å². The molecule has 1 aromatic heterocycles. The SMILES string of the molecule is Cc1cc(N2CC3CCCNC3C2)c(C#N)c(C)n1. The van der Waals surface area contributed by atoms with Crippen molar-refractivity contribution >= 4 is 5.69 Å². The zero-order chi connectivity index (χ0) is 13.4. The fourth-order valence-electron chi connectivity index (χ4n) is 3.44. The second-order valence-electron chi connectivity index (χ2n) is 5.72. The van der Waals surface area contributed by atoms with Gasteiger partial charge < -0.3 is 10.2 Å². The number of anilines is 1. The molecule has 2 aliphatic heterocycles. The van der Waals surface area contributed by atoms with Crippen LogP contribution < -0.4 is 10.2 Å². The van der Waals surface area contributed by atoms with Crippen molar-refractivity contribution in [3.05, 3.63) is 23.0 Å². The average Bonchev–Trinajstić information content (AvgIpc) is 2.81. The minimum absolute atomic E-state index is 0.592. The van der Waals surface area contributed by atoms with Crippen molar-refractivity contribution < 1.29 is 0 Å². The van der Waals surface area contributed by atoms with Crippen LogP contribution in [0.2, 0.25) is 0 Å². The monoisotopic (exact) mass is 256 g/mol. The van der Waals surface area contributed by atoms with Gasteiger partial charge in [0, 0.05) is 24.8 Å². The molecular formula is C15H20N4. The first kappa shape index (κ1) is 12.4. The molecule has 3 rings (SSSR count). The summed E-state index contributed by atoms with van der Waals surface area (Å²) in [7, 11) is 0. The summed E-state index contributed by atoms with van der Waals surface area (Å²) in [6.45, 7) is 7.14. The quantitative estimate of drug-likeness (QED) is 0.832. The molecule has 0 spiro atoms. The Hall–Kier alpha value is -1.60. The highest BCUT2D eigenvalue weighted by molar-refractivity contribution is 5.62. The van der Waals surface area contributed by atoms with Crippen molar-refractivity contribution in [2.24, 2.45) is 5.92 Å². The van der Waals surface area contributed by atoms with Crippen molar-refractivity contribution in [1.82, 2.24) is 10.3 Å². The second kappa shape index (κ2) is 4.82. The van der Waals surface area contributed by atoms with Crippen LogP contribution in [0.4, 0.5) is 5.69 Å². The second-order valence-corrected chi connectivity index (χ2v) is 5.72. The number of fused-ring (bicyclic) bond motifs is 1. The molecule has 0 amide bonds. The van der Waals surface area contributed by atoms with Gasteiger partial charge in [-0.05, 0) is 45.2 Å². The van der Waals surface area contributed by atoms with Gasteiger partial charge in [0.15, 0.2) is 0 Å². The van der Waals surface area contributed by atoms with Gasteiger partial charge in [0.05, 0.1) is 16.9 Å². The Bertz CT molecular complexity index is 518. The van der Waals surface area contributed by atoms with Crippen LogP contribution in [-0.4, -0.2) is 30.7 Å². The summed E-state index contributed by atoms with van der Waals surface area (Å²) in [6, 6.07) is 4.97. The summed E-state index contributed by atoms with van der Waals surface area (Å²) in [5.74, 6) is 0.731. The number of nitrogens with one attached hydrogen (secondary N) is 1. The van der Waals surface area contributed by atoms with Crippen molar-refractivity contribution in [3.8, 4) is 6.07 Å². The number of hydrogen-bond donors (Lipinski definition) is 1. The van der Waals surface area contributed by atoms with E-state index in [1.54, 1.807) is 0 Å². The maximum Gasteiger partial charge on any atom is 0.103 e. The molecular weight excluding hydrogens is 236 g/mol.